The average molecular weight is 460 g/mol. The fourth-order valence-electron chi connectivity index (χ4n) is 3.23. The van der Waals surface area contributed by atoms with Crippen molar-refractivity contribution in [3.8, 4) is 11.5 Å². The highest BCUT2D eigenvalue weighted by molar-refractivity contribution is 7.10. The number of ether oxygens (including phenoxy) is 2. The van der Waals surface area contributed by atoms with Gasteiger partial charge in [-0.25, -0.2) is 4.79 Å². The van der Waals surface area contributed by atoms with E-state index in [0.717, 1.165) is 16.0 Å². The van der Waals surface area contributed by atoms with Crippen molar-refractivity contribution in [2.45, 2.75) is 26.8 Å². The van der Waals surface area contributed by atoms with Gasteiger partial charge in [-0.15, -0.1) is 17.9 Å². The van der Waals surface area contributed by atoms with Crippen LogP contribution in [0.1, 0.15) is 22.9 Å². The molecule has 0 fully saturated rings. The van der Waals surface area contributed by atoms with E-state index in [1.807, 2.05) is 42.3 Å². The number of nitrogens with zero attached hydrogens (tertiary/aromatic N) is 2. The summed E-state index contributed by atoms with van der Waals surface area (Å²) in [6.45, 7) is 9.42. The molecule has 0 spiro atoms. The lowest BCUT2D eigenvalue weighted by molar-refractivity contribution is -0.132. The smallest absolute Gasteiger partial charge is 0.318 e. The van der Waals surface area contributed by atoms with Crippen LogP contribution in [0.25, 0.3) is 0 Å². The zero-order valence-electron chi connectivity index (χ0n) is 19.3. The Labute approximate surface area is 194 Å². The molecule has 0 aliphatic rings. The summed E-state index contributed by atoms with van der Waals surface area (Å²) >= 11 is 1.63. The van der Waals surface area contributed by atoms with Gasteiger partial charge >= 0.3 is 6.03 Å². The van der Waals surface area contributed by atoms with Crippen LogP contribution in [0.5, 0.6) is 11.5 Å². The summed E-state index contributed by atoms with van der Waals surface area (Å²) in [5.74, 6) is 1.22. The maximum Gasteiger partial charge on any atom is 0.318 e. The van der Waals surface area contributed by atoms with E-state index < -0.39 is 0 Å². The third kappa shape index (κ3) is 7.02. The Kier molecular flexibility index (Phi) is 10.1. The van der Waals surface area contributed by atoms with Gasteiger partial charge in [0, 0.05) is 24.5 Å². The number of methoxy groups -OCH3 is 2. The zero-order chi connectivity index (χ0) is 23.5. The minimum atomic E-state index is -0.270. The first kappa shape index (κ1) is 25.3. The summed E-state index contributed by atoms with van der Waals surface area (Å²) in [5, 5.41) is 4.78. The van der Waals surface area contributed by atoms with Gasteiger partial charge in [0.2, 0.25) is 5.91 Å². The normalized spacial score (nSPS) is 10.4. The quantitative estimate of drug-likeness (QED) is 0.489. The van der Waals surface area contributed by atoms with Crippen LogP contribution in [-0.4, -0.2) is 62.1 Å². The second-order valence-electron chi connectivity index (χ2n) is 7.29. The fourth-order valence-corrected chi connectivity index (χ4v) is 4.15. The summed E-state index contributed by atoms with van der Waals surface area (Å²) in [5.41, 5.74) is 2.20. The number of urea groups is 1. The molecule has 32 heavy (non-hydrogen) atoms. The van der Waals surface area contributed by atoms with Crippen molar-refractivity contribution in [3.05, 3.63) is 58.3 Å². The Morgan fingerprint density at radius 2 is 1.91 bits per heavy atom. The molecule has 1 N–H and O–H groups in total. The maximum atomic E-state index is 13.2. The van der Waals surface area contributed by atoms with Crippen LogP contribution < -0.4 is 14.8 Å². The molecule has 0 radical (unpaired) electrons. The standard InChI is InChI=1S/C24H33N3O4S/c1-6-12-27(24(29)25-7-2)17-23(28)26(16-22-18(3)11-14-32-22)13-10-19-8-9-20(30-4)21(15-19)31-5/h6,8-9,11,14-15H,1,7,10,12-13,16-17H2,2-5H3,(H,25,29). The molecule has 0 bridgehead atoms. The lowest BCUT2D eigenvalue weighted by Gasteiger charge is -2.27. The number of thiophene rings is 1. The van der Waals surface area contributed by atoms with E-state index in [2.05, 4.69) is 18.0 Å². The van der Waals surface area contributed by atoms with Crippen molar-refractivity contribution in [3.63, 3.8) is 0 Å². The van der Waals surface area contributed by atoms with Gasteiger partial charge in [-0.3, -0.25) is 4.79 Å². The molecule has 0 atom stereocenters. The first-order chi connectivity index (χ1) is 15.4. The second-order valence-corrected chi connectivity index (χ2v) is 8.29. The molecule has 0 aliphatic heterocycles. The van der Waals surface area contributed by atoms with Crippen molar-refractivity contribution < 1.29 is 19.1 Å². The van der Waals surface area contributed by atoms with E-state index in [1.165, 1.54) is 4.90 Å². The van der Waals surface area contributed by atoms with Gasteiger partial charge in [-0.05, 0) is 55.0 Å². The summed E-state index contributed by atoms with van der Waals surface area (Å²) in [6, 6.07) is 7.55. The lowest BCUT2D eigenvalue weighted by atomic mass is 10.1. The second kappa shape index (κ2) is 12.8. The van der Waals surface area contributed by atoms with E-state index in [9.17, 15) is 9.59 Å². The van der Waals surface area contributed by atoms with Crippen molar-refractivity contribution >= 4 is 23.3 Å². The van der Waals surface area contributed by atoms with Crippen LogP contribution in [0.4, 0.5) is 4.79 Å². The number of aryl methyl sites for hydroxylation is 1. The van der Waals surface area contributed by atoms with Gasteiger partial charge in [-0.2, -0.15) is 0 Å². The van der Waals surface area contributed by atoms with E-state index in [1.54, 1.807) is 31.6 Å². The van der Waals surface area contributed by atoms with E-state index in [0.29, 0.717) is 44.1 Å². The Bertz CT molecular complexity index is 912. The highest BCUT2D eigenvalue weighted by Gasteiger charge is 2.21. The number of carbonyl (C=O) groups excluding carboxylic acids is 2. The van der Waals surface area contributed by atoms with Crippen LogP contribution >= 0.6 is 11.3 Å². The fraction of sp³-hybridized carbons (Fsp3) is 0.417. The third-order valence-electron chi connectivity index (χ3n) is 5.06. The molecule has 0 unspecified atom stereocenters. The van der Waals surface area contributed by atoms with Crippen LogP contribution in [0, 0.1) is 6.92 Å². The molecule has 7 nitrogen and oxygen atoms in total. The molecular weight excluding hydrogens is 426 g/mol. The number of nitrogens with one attached hydrogen (secondary N) is 1. The number of benzene rings is 1. The van der Waals surface area contributed by atoms with Gasteiger partial charge in [0.25, 0.3) is 0 Å². The highest BCUT2D eigenvalue weighted by atomic mass is 32.1. The summed E-state index contributed by atoms with van der Waals surface area (Å²) in [4.78, 5) is 30.0. The number of hydrogen-bond donors (Lipinski definition) is 1. The molecule has 0 saturated carbocycles. The molecule has 1 aromatic heterocycles. The van der Waals surface area contributed by atoms with Crippen LogP contribution in [0.3, 0.4) is 0 Å². The number of amides is 3. The van der Waals surface area contributed by atoms with Gasteiger partial charge in [0.1, 0.15) is 6.54 Å². The summed E-state index contributed by atoms with van der Waals surface area (Å²) in [7, 11) is 3.21. The molecular formula is C24H33N3O4S. The molecule has 174 valence electrons. The molecule has 3 amide bonds. The first-order valence-corrected chi connectivity index (χ1v) is 11.5. The molecule has 0 saturated heterocycles. The van der Waals surface area contributed by atoms with Crippen molar-refractivity contribution in [2.75, 3.05) is 40.4 Å². The van der Waals surface area contributed by atoms with Gasteiger partial charge < -0.3 is 24.6 Å². The predicted octanol–water partition coefficient (Wildman–Crippen LogP) is 3.86. The van der Waals surface area contributed by atoms with Gasteiger partial charge in [0.05, 0.1) is 20.8 Å². The SMILES string of the molecule is C=CCN(CC(=O)N(CCc1ccc(OC)c(OC)c1)Cc1sccc1C)C(=O)NCC. The van der Waals surface area contributed by atoms with Crippen LogP contribution in [0.15, 0.2) is 42.3 Å². The van der Waals surface area contributed by atoms with Gasteiger partial charge in [-0.1, -0.05) is 12.1 Å². The molecule has 0 aliphatic carbocycles. The molecule has 2 aromatic rings. The first-order valence-electron chi connectivity index (χ1n) is 10.6. The van der Waals surface area contributed by atoms with Crippen LogP contribution in [0.2, 0.25) is 0 Å². The number of rotatable bonds is 12. The Morgan fingerprint density at radius 3 is 2.50 bits per heavy atom. The maximum absolute atomic E-state index is 13.2. The number of carbonyl (C=O) groups is 2. The monoisotopic (exact) mass is 459 g/mol. The van der Waals surface area contributed by atoms with E-state index in [4.69, 9.17) is 9.47 Å². The molecule has 1 aromatic carbocycles. The topological polar surface area (TPSA) is 71.1 Å². The zero-order valence-corrected chi connectivity index (χ0v) is 20.2. The Balaban J connectivity index is 2.18. The predicted molar refractivity (Wildman–Crippen MR) is 129 cm³/mol. The van der Waals surface area contributed by atoms with Crippen molar-refractivity contribution in [1.82, 2.24) is 15.1 Å². The highest BCUT2D eigenvalue weighted by Crippen LogP contribution is 2.28. The summed E-state index contributed by atoms with van der Waals surface area (Å²) < 4.78 is 10.7. The van der Waals surface area contributed by atoms with Crippen molar-refractivity contribution in [2.24, 2.45) is 0 Å². The minimum Gasteiger partial charge on any atom is -0.493 e. The van der Waals surface area contributed by atoms with Crippen molar-refractivity contribution in [1.29, 1.82) is 0 Å². The minimum absolute atomic E-state index is 0.00574. The Hall–Kier alpha value is -3.00. The third-order valence-corrected chi connectivity index (χ3v) is 6.07. The van der Waals surface area contributed by atoms with Crippen LogP contribution in [-0.2, 0) is 17.8 Å². The van der Waals surface area contributed by atoms with E-state index >= 15 is 0 Å². The molecule has 1 heterocycles. The summed E-state index contributed by atoms with van der Waals surface area (Å²) in [6.07, 6.45) is 2.28. The average Bonchev–Trinajstić information content (AvgIpc) is 3.20. The molecule has 2 rings (SSSR count). The Morgan fingerprint density at radius 1 is 1.16 bits per heavy atom. The molecule has 8 heteroatoms. The van der Waals surface area contributed by atoms with E-state index in [-0.39, 0.29) is 18.5 Å². The van der Waals surface area contributed by atoms with Gasteiger partial charge in [0.15, 0.2) is 11.5 Å². The number of hydrogen-bond acceptors (Lipinski definition) is 5. The largest absolute Gasteiger partial charge is 0.493 e. The lowest BCUT2D eigenvalue weighted by Crippen LogP contribution is -2.47.